The van der Waals surface area contributed by atoms with E-state index in [2.05, 4.69) is 10.1 Å². The largest absolute Gasteiger partial charge is 0.573 e. The van der Waals surface area contributed by atoms with Gasteiger partial charge in [-0.2, -0.15) is 0 Å². The third kappa shape index (κ3) is 7.97. The Balaban J connectivity index is 2.09. The Kier molecular flexibility index (Phi) is 7.41. The molecule has 0 aliphatic heterocycles. The van der Waals surface area contributed by atoms with Gasteiger partial charge in [-0.25, -0.2) is 13.6 Å². The van der Waals surface area contributed by atoms with E-state index in [0.717, 1.165) is 12.1 Å². The molecule has 2 aromatic carbocycles. The van der Waals surface area contributed by atoms with Crippen molar-refractivity contribution in [1.82, 2.24) is 5.32 Å². The lowest BCUT2D eigenvalue weighted by Crippen LogP contribution is -2.33. The van der Waals surface area contributed by atoms with Crippen LogP contribution in [0.4, 0.5) is 26.7 Å². The number of carbonyl (C=O) groups is 1. The Bertz CT molecular complexity index is 779. The summed E-state index contributed by atoms with van der Waals surface area (Å²) in [5.41, 5.74) is 0.913. The quantitative estimate of drug-likeness (QED) is 0.537. The maximum Gasteiger partial charge on any atom is 0.573 e. The number of halogens is 5. The molecule has 1 amide bonds. The van der Waals surface area contributed by atoms with E-state index < -0.39 is 43.0 Å². The van der Waals surface area contributed by atoms with E-state index in [-0.39, 0.29) is 12.2 Å². The van der Waals surface area contributed by atoms with Crippen LogP contribution in [0.3, 0.4) is 0 Å². The maximum atomic E-state index is 13.9. The van der Waals surface area contributed by atoms with Crippen LogP contribution in [0.25, 0.3) is 0 Å². The SMILES string of the molecule is CCC(F)(F)C[C@@H](NC(=O)OCc1ccccc1)c1ccc(OC(F)(F)F)cc1. The maximum absolute atomic E-state index is 13.9. The predicted molar refractivity (Wildman–Crippen MR) is 95.5 cm³/mol. The number of amides is 1. The van der Waals surface area contributed by atoms with Crippen molar-refractivity contribution in [1.29, 1.82) is 0 Å². The highest BCUT2D eigenvalue weighted by atomic mass is 19.4. The third-order valence-corrected chi connectivity index (χ3v) is 4.04. The van der Waals surface area contributed by atoms with Crippen molar-refractivity contribution in [2.45, 2.75) is 44.7 Å². The van der Waals surface area contributed by atoms with Crippen molar-refractivity contribution in [3.8, 4) is 5.75 Å². The van der Waals surface area contributed by atoms with Gasteiger partial charge in [0.15, 0.2) is 0 Å². The van der Waals surface area contributed by atoms with Gasteiger partial charge in [-0.05, 0) is 23.3 Å². The molecule has 0 bridgehead atoms. The molecule has 4 nitrogen and oxygen atoms in total. The zero-order chi connectivity index (χ0) is 21.5. The van der Waals surface area contributed by atoms with E-state index >= 15 is 0 Å². The number of ether oxygens (including phenoxy) is 2. The van der Waals surface area contributed by atoms with Crippen LogP contribution in [0, 0.1) is 0 Å². The van der Waals surface area contributed by atoms with E-state index in [4.69, 9.17) is 4.74 Å². The smallest absolute Gasteiger partial charge is 0.445 e. The summed E-state index contributed by atoms with van der Waals surface area (Å²) < 4.78 is 73.5. The van der Waals surface area contributed by atoms with Crippen molar-refractivity contribution >= 4 is 6.09 Å². The average Bonchev–Trinajstić information content (AvgIpc) is 2.66. The molecule has 0 fully saturated rings. The van der Waals surface area contributed by atoms with Gasteiger partial charge < -0.3 is 14.8 Å². The Hall–Kier alpha value is -2.84. The van der Waals surface area contributed by atoms with Crippen molar-refractivity contribution in [2.75, 3.05) is 0 Å². The van der Waals surface area contributed by atoms with Crippen molar-refractivity contribution in [3.05, 3.63) is 65.7 Å². The van der Waals surface area contributed by atoms with Crippen LogP contribution in [0.15, 0.2) is 54.6 Å². The predicted octanol–water partition coefficient (Wildman–Crippen LogP) is 5.99. The molecule has 29 heavy (non-hydrogen) atoms. The second kappa shape index (κ2) is 9.58. The highest BCUT2D eigenvalue weighted by Crippen LogP contribution is 2.32. The highest BCUT2D eigenvalue weighted by Gasteiger charge is 2.33. The fraction of sp³-hybridized carbons (Fsp3) is 0.350. The Labute approximate surface area is 164 Å². The van der Waals surface area contributed by atoms with Crippen molar-refractivity contribution < 1.29 is 36.2 Å². The molecule has 0 unspecified atom stereocenters. The second-order valence-corrected chi connectivity index (χ2v) is 6.29. The van der Waals surface area contributed by atoms with Gasteiger partial charge in [0.2, 0.25) is 5.92 Å². The molecule has 0 saturated carbocycles. The molecule has 0 aromatic heterocycles. The molecule has 0 aliphatic carbocycles. The molecule has 0 spiro atoms. The third-order valence-electron chi connectivity index (χ3n) is 4.04. The Morgan fingerprint density at radius 3 is 2.17 bits per heavy atom. The molecule has 158 valence electrons. The van der Waals surface area contributed by atoms with Crippen LogP contribution in [0.5, 0.6) is 5.75 Å². The van der Waals surface area contributed by atoms with E-state index in [1.54, 1.807) is 30.3 Å². The summed E-state index contributed by atoms with van der Waals surface area (Å²) >= 11 is 0. The molecule has 2 aromatic rings. The van der Waals surface area contributed by atoms with Gasteiger partial charge >= 0.3 is 12.5 Å². The van der Waals surface area contributed by atoms with Crippen LogP contribution in [0.2, 0.25) is 0 Å². The van der Waals surface area contributed by atoms with Crippen LogP contribution in [0.1, 0.15) is 36.9 Å². The van der Waals surface area contributed by atoms with Gasteiger partial charge in [0.05, 0.1) is 6.04 Å². The summed E-state index contributed by atoms with van der Waals surface area (Å²) in [4.78, 5) is 12.1. The molecule has 0 saturated heterocycles. The zero-order valence-electron chi connectivity index (χ0n) is 15.5. The summed E-state index contributed by atoms with van der Waals surface area (Å²) in [6.07, 6.45) is -6.97. The molecule has 0 aliphatic rings. The number of nitrogens with one attached hydrogen (secondary N) is 1. The van der Waals surface area contributed by atoms with Crippen molar-refractivity contribution in [2.24, 2.45) is 0 Å². The fourth-order valence-corrected chi connectivity index (χ4v) is 2.50. The second-order valence-electron chi connectivity index (χ2n) is 6.29. The van der Waals surface area contributed by atoms with E-state index in [9.17, 15) is 26.7 Å². The van der Waals surface area contributed by atoms with Gasteiger partial charge in [0, 0.05) is 12.8 Å². The molecular formula is C20H20F5NO3. The average molecular weight is 417 g/mol. The highest BCUT2D eigenvalue weighted by molar-refractivity contribution is 5.68. The zero-order valence-corrected chi connectivity index (χ0v) is 15.5. The summed E-state index contributed by atoms with van der Waals surface area (Å²) in [5, 5.41) is 2.36. The van der Waals surface area contributed by atoms with Crippen LogP contribution >= 0.6 is 0 Å². The lowest BCUT2D eigenvalue weighted by molar-refractivity contribution is -0.274. The first-order chi connectivity index (χ1) is 13.6. The number of benzene rings is 2. The molecule has 1 atom stereocenters. The van der Waals surface area contributed by atoms with E-state index in [1.165, 1.54) is 19.1 Å². The Morgan fingerprint density at radius 2 is 1.62 bits per heavy atom. The lowest BCUT2D eigenvalue weighted by atomic mass is 9.99. The minimum atomic E-state index is -4.87. The lowest BCUT2D eigenvalue weighted by Gasteiger charge is -2.24. The number of alkyl carbamates (subject to hydrolysis) is 1. The van der Waals surface area contributed by atoms with E-state index in [0.29, 0.717) is 5.56 Å². The number of alkyl halides is 5. The first-order valence-electron chi connectivity index (χ1n) is 8.79. The molecule has 2 rings (SSSR count). The van der Waals surface area contributed by atoms with Crippen LogP contribution in [-0.4, -0.2) is 18.4 Å². The number of carbonyl (C=O) groups excluding carboxylic acids is 1. The number of hydrogen-bond acceptors (Lipinski definition) is 3. The van der Waals surface area contributed by atoms with E-state index in [1.807, 2.05) is 0 Å². The first-order valence-corrected chi connectivity index (χ1v) is 8.79. The molecule has 9 heteroatoms. The summed E-state index contributed by atoms with van der Waals surface area (Å²) in [6.45, 7) is 1.24. The Morgan fingerprint density at radius 1 is 1.00 bits per heavy atom. The molecule has 1 N–H and O–H groups in total. The molecule has 0 heterocycles. The number of rotatable bonds is 8. The molecular weight excluding hydrogens is 397 g/mol. The van der Waals surface area contributed by atoms with Crippen LogP contribution < -0.4 is 10.1 Å². The van der Waals surface area contributed by atoms with Gasteiger partial charge in [0.25, 0.3) is 0 Å². The summed E-state index contributed by atoms with van der Waals surface area (Å²) in [5.74, 6) is -3.58. The van der Waals surface area contributed by atoms with Gasteiger partial charge in [-0.3, -0.25) is 0 Å². The normalized spacial score (nSPS) is 12.9. The van der Waals surface area contributed by atoms with Crippen molar-refractivity contribution in [3.63, 3.8) is 0 Å². The minimum Gasteiger partial charge on any atom is -0.445 e. The van der Waals surface area contributed by atoms with Gasteiger partial charge in [0.1, 0.15) is 12.4 Å². The topological polar surface area (TPSA) is 47.6 Å². The summed E-state index contributed by atoms with van der Waals surface area (Å²) in [6, 6.07) is 12.0. The summed E-state index contributed by atoms with van der Waals surface area (Å²) in [7, 11) is 0. The van der Waals surface area contributed by atoms with Gasteiger partial charge in [-0.15, -0.1) is 13.2 Å². The van der Waals surface area contributed by atoms with Gasteiger partial charge in [-0.1, -0.05) is 49.4 Å². The molecule has 0 radical (unpaired) electrons. The number of hydrogen-bond donors (Lipinski definition) is 1. The fourth-order valence-electron chi connectivity index (χ4n) is 2.50. The first kappa shape index (κ1) is 22.4. The monoisotopic (exact) mass is 417 g/mol. The standard InChI is InChI=1S/C20H20F5NO3/c1-2-19(21,22)12-17(15-8-10-16(11-9-15)29-20(23,24)25)26-18(27)28-13-14-6-4-3-5-7-14/h3-11,17H,2,12-13H2,1H3,(H,26,27)/t17-/m1/s1. The minimum absolute atomic E-state index is 0.0536. The van der Waals surface area contributed by atoms with Crippen LogP contribution in [-0.2, 0) is 11.3 Å².